The molecule has 2 aromatic rings. The summed E-state index contributed by atoms with van der Waals surface area (Å²) in [5, 5.41) is 16.4. The van der Waals surface area contributed by atoms with Gasteiger partial charge in [0.05, 0.1) is 11.9 Å². The van der Waals surface area contributed by atoms with Gasteiger partial charge in [0.1, 0.15) is 0 Å². The highest BCUT2D eigenvalue weighted by atomic mass is 16.2. The van der Waals surface area contributed by atoms with Gasteiger partial charge in [0, 0.05) is 24.8 Å². The van der Waals surface area contributed by atoms with Gasteiger partial charge in [-0.1, -0.05) is 30.3 Å². The Morgan fingerprint density at radius 2 is 2.14 bits per heavy atom. The second-order valence-corrected chi connectivity index (χ2v) is 5.77. The molecule has 0 amide bonds. The number of rotatable bonds is 6. The minimum absolute atomic E-state index is 0.297. The van der Waals surface area contributed by atoms with Gasteiger partial charge >= 0.3 is 0 Å². The SMILES string of the molecule is OCCCC1CCCN1Cc1cn[nH]c1-c1ccccc1. The van der Waals surface area contributed by atoms with Crippen LogP contribution in [-0.2, 0) is 6.54 Å². The van der Waals surface area contributed by atoms with E-state index >= 15 is 0 Å². The van der Waals surface area contributed by atoms with E-state index in [1.807, 2.05) is 12.3 Å². The molecular weight excluding hydrogens is 262 g/mol. The highest BCUT2D eigenvalue weighted by Gasteiger charge is 2.25. The lowest BCUT2D eigenvalue weighted by Gasteiger charge is -2.24. The number of aromatic nitrogens is 2. The van der Waals surface area contributed by atoms with Crippen molar-refractivity contribution in [3.8, 4) is 11.3 Å². The average Bonchev–Trinajstić information content (AvgIpc) is 3.16. The summed E-state index contributed by atoms with van der Waals surface area (Å²) in [5.41, 5.74) is 3.58. The van der Waals surface area contributed by atoms with E-state index in [1.165, 1.54) is 24.0 Å². The molecule has 2 heterocycles. The van der Waals surface area contributed by atoms with Crippen LogP contribution in [0.3, 0.4) is 0 Å². The summed E-state index contributed by atoms with van der Waals surface area (Å²) in [5.74, 6) is 0. The Labute approximate surface area is 125 Å². The van der Waals surface area contributed by atoms with Crippen LogP contribution in [-0.4, -0.2) is 39.4 Å². The molecule has 1 atom stereocenters. The number of aliphatic hydroxyl groups is 1. The van der Waals surface area contributed by atoms with Crippen LogP contribution >= 0.6 is 0 Å². The highest BCUT2D eigenvalue weighted by molar-refractivity contribution is 5.62. The zero-order valence-electron chi connectivity index (χ0n) is 12.3. The van der Waals surface area contributed by atoms with E-state index < -0.39 is 0 Å². The Balaban J connectivity index is 1.72. The number of likely N-dealkylation sites (tertiary alicyclic amines) is 1. The van der Waals surface area contributed by atoms with Crippen LogP contribution in [0.25, 0.3) is 11.3 Å². The Bertz CT molecular complexity index is 552. The standard InChI is InChI=1S/C17H23N3O/c21-11-5-9-16-8-4-10-20(16)13-15-12-18-19-17(15)14-6-2-1-3-7-14/h1-3,6-7,12,16,21H,4-5,8-11,13H2,(H,18,19). The summed E-state index contributed by atoms with van der Waals surface area (Å²) < 4.78 is 0. The lowest BCUT2D eigenvalue weighted by molar-refractivity contribution is 0.210. The molecular formula is C17H23N3O. The van der Waals surface area contributed by atoms with E-state index in [9.17, 15) is 0 Å². The molecule has 1 aromatic carbocycles. The van der Waals surface area contributed by atoms with E-state index in [0.29, 0.717) is 12.6 Å². The van der Waals surface area contributed by atoms with Gasteiger partial charge in [-0.2, -0.15) is 5.10 Å². The molecule has 1 aliphatic heterocycles. The van der Waals surface area contributed by atoms with E-state index in [0.717, 1.165) is 31.6 Å². The Hall–Kier alpha value is -1.65. The molecule has 1 fully saturated rings. The van der Waals surface area contributed by atoms with Crippen molar-refractivity contribution in [3.63, 3.8) is 0 Å². The minimum Gasteiger partial charge on any atom is -0.396 e. The second-order valence-electron chi connectivity index (χ2n) is 5.77. The van der Waals surface area contributed by atoms with Gasteiger partial charge in [-0.3, -0.25) is 10.00 Å². The predicted octanol–water partition coefficient (Wildman–Crippen LogP) is 2.81. The number of aliphatic hydroxyl groups excluding tert-OH is 1. The number of nitrogens with zero attached hydrogens (tertiary/aromatic N) is 2. The summed E-state index contributed by atoms with van der Waals surface area (Å²) in [4.78, 5) is 2.53. The first-order valence-corrected chi connectivity index (χ1v) is 7.81. The van der Waals surface area contributed by atoms with Crippen LogP contribution in [0.15, 0.2) is 36.5 Å². The van der Waals surface area contributed by atoms with E-state index in [4.69, 9.17) is 5.11 Å². The number of hydrogen-bond acceptors (Lipinski definition) is 3. The summed E-state index contributed by atoms with van der Waals surface area (Å²) >= 11 is 0. The second kappa shape index (κ2) is 6.87. The number of nitrogens with one attached hydrogen (secondary N) is 1. The quantitative estimate of drug-likeness (QED) is 0.858. The first kappa shape index (κ1) is 14.3. The van der Waals surface area contributed by atoms with Crippen molar-refractivity contribution in [2.45, 2.75) is 38.3 Å². The van der Waals surface area contributed by atoms with Gasteiger partial charge in [0.2, 0.25) is 0 Å². The third-order valence-electron chi connectivity index (χ3n) is 4.35. The van der Waals surface area contributed by atoms with Gasteiger partial charge < -0.3 is 5.11 Å². The van der Waals surface area contributed by atoms with Crippen molar-refractivity contribution >= 4 is 0 Å². The smallest absolute Gasteiger partial charge is 0.0695 e. The zero-order chi connectivity index (χ0) is 14.5. The van der Waals surface area contributed by atoms with Crippen molar-refractivity contribution in [2.24, 2.45) is 0 Å². The highest BCUT2D eigenvalue weighted by Crippen LogP contribution is 2.27. The maximum Gasteiger partial charge on any atom is 0.0695 e. The maximum absolute atomic E-state index is 9.03. The average molecular weight is 285 g/mol. The fourth-order valence-corrected chi connectivity index (χ4v) is 3.26. The van der Waals surface area contributed by atoms with Gasteiger partial charge in [0.25, 0.3) is 0 Å². The van der Waals surface area contributed by atoms with Crippen LogP contribution < -0.4 is 0 Å². The largest absolute Gasteiger partial charge is 0.396 e. The molecule has 2 N–H and O–H groups in total. The Kier molecular flexibility index (Phi) is 4.68. The number of hydrogen-bond donors (Lipinski definition) is 2. The molecule has 1 aliphatic rings. The molecule has 1 saturated heterocycles. The predicted molar refractivity (Wildman–Crippen MR) is 83.8 cm³/mol. The van der Waals surface area contributed by atoms with Crippen LogP contribution in [0.2, 0.25) is 0 Å². The molecule has 1 unspecified atom stereocenters. The molecule has 0 saturated carbocycles. The first-order chi connectivity index (χ1) is 10.4. The molecule has 4 nitrogen and oxygen atoms in total. The summed E-state index contributed by atoms with van der Waals surface area (Å²) in [6, 6.07) is 11.0. The van der Waals surface area contributed by atoms with Gasteiger partial charge in [-0.25, -0.2) is 0 Å². The van der Waals surface area contributed by atoms with Gasteiger partial charge in [-0.15, -0.1) is 0 Å². The summed E-state index contributed by atoms with van der Waals surface area (Å²) in [6.45, 7) is 2.39. The Morgan fingerprint density at radius 3 is 2.95 bits per heavy atom. The minimum atomic E-state index is 0.297. The molecule has 3 rings (SSSR count). The molecule has 112 valence electrons. The van der Waals surface area contributed by atoms with Crippen molar-refractivity contribution < 1.29 is 5.11 Å². The third kappa shape index (κ3) is 3.34. The number of aromatic amines is 1. The molecule has 0 aliphatic carbocycles. The van der Waals surface area contributed by atoms with Crippen LogP contribution in [0.5, 0.6) is 0 Å². The summed E-state index contributed by atoms with van der Waals surface area (Å²) in [6.07, 6.45) is 6.45. The van der Waals surface area contributed by atoms with Crippen molar-refractivity contribution in [1.82, 2.24) is 15.1 Å². The lowest BCUT2D eigenvalue weighted by Crippen LogP contribution is -2.29. The number of benzene rings is 1. The van der Waals surface area contributed by atoms with E-state index in [1.54, 1.807) is 0 Å². The van der Waals surface area contributed by atoms with Crippen molar-refractivity contribution in [1.29, 1.82) is 0 Å². The van der Waals surface area contributed by atoms with E-state index in [-0.39, 0.29) is 0 Å². The lowest BCUT2D eigenvalue weighted by atomic mass is 10.1. The van der Waals surface area contributed by atoms with Crippen LogP contribution in [0.4, 0.5) is 0 Å². The molecule has 0 spiro atoms. The van der Waals surface area contributed by atoms with Crippen LogP contribution in [0.1, 0.15) is 31.2 Å². The molecule has 4 heteroatoms. The van der Waals surface area contributed by atoms with Crippen molar-refractivity contribution in [2.75, 3.05) is 13.2 Å². The molecule has 21 heavy (non-hydrogen) atoms. The molecule has 0 radical (unpaired) electrons. The third-order valence-corrected chi connectivity index (χ3v) is 4.35. The van der Waals surface area contributed by atoms with Gasteiger partial charge in [-0.05, 0) is 37.8 Å². The normalized spacial score (nSPS) is 19.2. The monoisotopic (exact) mass is 285 g/mol. The molecule has 0 bridgehead atoms. The fraction of sp³-hybridized carbons (Fsp3) is 0.471. The van der Waals surface area contributed by atoms with Crippen LogP contribution in [0, 0.1) is 0 Å². The Morgan fingerprint density at radius 1 is 1.29 bits per heavy atom. The molecule has 1 aromatic heterocycles. The summed E-state index contributed by atoms with van der Waals surface area (Å²) in [7, 11) is 0. The van der Waals surface area contributed by atoms with Gasteiger partial charge in [0.15, 0.2) is 0 Å². The van der Waals surface area contributed by atoms with Crippen molar-refractivity contribution in [3.05, 3.63) is 42.1 Å². The maximum atomic E-state index is 9.03. The zero-order valence-corrected chi connectivity index (χ0v) is 12.3. The van der Waals surface area contributed by atoms with E-state index in [2.05, 4.69) is 39.4 Å². The number of H-pyrrole nitrogens is 1. The topological polar surface area (TPSA) is 52.1 Å². The first-order valence-electron chi connectivity index (χ1n) is 7.81. The fourth-order valence-electron chi connectivity index (χ4n) is 3.26.